The maximum absolute atomic E-state index is 14.2. The van der Waals surface area contributed by atoms with Crippen LogP contribution < -0.4 is 35.1 Å². The number of carbonyl (C=O) groups excluding carboxylic acids is 4. The number of benzene rings is 5. The molecule has 0 aliphatic carbocycles. The molecule has 4 heterocycles. The van der Waals surface area contributed by atoms with E-state index in [9.17, 15) is 19.2 Å². The molecule has 0 saturated heterocycles. The molecule has 0 radical (unpaired) electrons. The number of likely N-dealkylation sites (N-methyl/N-ethyl adjacent to an activating group) is 1. The lowest BCUT2D eigenvalue weighted by Gasteiger charge is -2.36. The van der Waals surface area contributed by atoms with Crippen LogP contribution in [0.4, 0.5) is 17.1 Å². The summed E-state index contributed by atoms with van der Waals surface area (Å²) in [6.07, 6.45) is 3.89. The summed E-state index contributed by atoms with van der Waals surface area (Å²) in [5, 5.41) is 9.62. The van der Waals surface area contributed by atoms with E-state index in [0.717, 1.165) is 41.6 Å². The number of fused-ring (bicyclic) bond motifs is 6. The highest BCUT2D eigenvalue weighted by Gasteiger charge is 2.37. The first kappa shape index (κ1) is 50.6. The van der Waals surface area contributed by atoms with E-state index in [0.29, 0.717) is 97.5 Å². The fourth-order valence-electron chi connectivity index (χ4n) is 10.1. The van der Waals surface area contributed by atoms with Gasteiger partial charge in [-0.25, -0.2) is 0 Å². The second-order valence-electron chi connectivity index (χ2n) is 20.0. The van der Waals surface area contributed by atoms with Gasteiger partial charge in [-0.3, -0.25) is 19.2 Å². The van der Waals surface area contributed by atoms with Crippen molar-refractivity contribution < 1.29 is 33.4 Å². The molecule has 5 aromatic rings. The third-order valence-electron chi connectivity index (χ3n) is 14.1. The van der Waals surface area contributed by atoms with Crippen LogP contribution in [0.2, 0.25) is 0 Å². The Balaban J connectivity index is 0.919. The van der Waals surface area contributed by atoms with Crippen LogP contribution in [0.5, 0.6) is 17.2 Å². The number of nitrogens with one attached hydrogen (secondary N) is 3. The topological polar surface area (TPSA) is 142 Å². The van der Waals surface area contributed by atoms with E-state index in [-0.39, 0.29) is 53.7 Å². The zero-order chi connectivity index (χ0) is 50.5. The van der Waals surface area contributed by atoms with Crippen molar-refractivity contribution in [1.29, 1.82) is 0 Å². The minimum absolute atomic E-state index is 0.00561. The first-order valence-electron chi connectivity index (χ1n) is 25.1. The molecule has 3 N–H and O–H groups in total. The lowest BCUT2D eigenvalue weighted by atomic mass is 9.93. The van der Waals surface area contributed by atoms with E-state index in [2.05, 4.69) is 71.1 Å². The van der Waals surface area contributed by atoms with Crippen molar-refractivity contribution in [1.82, 2.24) is 15.1 Å². The Labute approximate surface area is 431 Å². The predicted octanol–water partition coefficient (Wildman–Crippen LogP) is 9.97. The van der Waals surface area contributed by atoms with E-state index in [1.165, 1.54) is 22.3 Å². The van der Waals surface area contributed by atoms with Crippen molar-refractivity contribution in [3.8, 4) is 17.2 Å². The Morgan fingerprint density at radius 3 is 2.08 bits per heavy atom. The van der Waals surface area contributed by atoms with Gasteiger partial charge >= 0.3 is 0 Å². The van der Waals surface area contributed by atoms with Gasteiger partial charge in [-0.1, -0.05) is 77.0 Å². The molecule has 4 aliphatic heterocycles. The van der Waals surface area contributed by atoms with Gasteiger partial charge in [0.2, 0.25) is 11.8 Å². The summed E-state index contributed by atoms with van der Waals surface area (Å²) < 4.78 is 18.8. The van der Waals surface area contributed by atoms with Crippen LogP contribution in [0, 0.1) is 6.92 Å². The Bertz CT molecular complexity index is 2860. The molecule has 5 aromatic carbocycles. The van der Waals surface area contributed by atoms with Crippen LogP contribution in [-0.2, 0) is 48.7 Å². The molecule has 15 heteroatoms. The van der Waals surface area contributed by atoms with Crippen molar-refractivity contribution >= 4 is 62.3 Å². The SMILES string of the molecule is CCCNC(=O)CCSSC(C)(C)CCC(=O)Nc1cc(COc2cc3c(cc2C)C(=O)N2Cc4ccccc4C[C@H]2CN3C)cc(COc2cc3c(cc2OC)C(=O)N2Cc4ccccc4C[C@H]2CN3)c1. The third kappa shape index (κ3) is 11.6. The van der Waals surface area contributed by atoms with Gasteiger partial charge in [-0.15, -0.1) is 0 Å². The number of hydrogen-bond donors (Lipinski definition) is 3. The van der Waals surface area contributed by atoms with Crippen LogP contribution in [0.25, 0.3) is 0 Å². The molecule has 0 aromatic heterocycles. The van der Waals surface area contributed by atoms with E-state index in [4.69, 9.17) is 14.2 Å². The maximum atomic E-state index is 14.2. The Morgan fingerprint density at radius 2 is 1.40 bits per heavy atom. The Hall–Kier alpha value is -6.32. The molecule has 2 atom stereocenters. The molecule has 0 spiro atoms. The second kappa shape index (κ2) is 22.2. The molecule has 72 heavy (non-hydrogen) atoms. The molecule has 0 unspecified atom stereocenters. The number of methoxy groups -OCH3 is 1. The first-order chi connectivity index (χ1) is 34.7. The first-order valence-corrected chi connectivity index (χ1v) is 27.4. The van der Waals surface area contributed by atoms with Crippen LogP contribution in [0.3, 0.4) is 0 Å². The monoisotopic (exact) mass is 1010 g/mol. The highest BCUT2D eigenvalue weighted by molar-refractivity contribution is 8.77. The molecule has 4 aliphatic rings. The molecule has 0 saturated carbocycles. The highest BCUT2D eigenvalue weighted by Crippen LogP contribution is 2.41. The van der Waals surface area contributed by atoms with Crippen LogP contribution >= 0.6 is 21.6 Å². The Morgan fingerprint density at radius 1 is 0.764 bits per heavy atom. The molecule has 378 valence electrons. The van der Waals surface area contributed by atoms with Gasteiger partial charge < -0.3 is 44.9 Å². The summed E-state index contributed by atoms with van der Waals surface area (Å²) in [4.78, 5) is 60.2. The zero-order valence-electron chi connectivity index (χ0n) is 42.2. The van der Waals surface area contributed by atoms with Crippen LogP contribution in [-0.4, -0.2) is 89.8 Å². The molecular weight excluding hydrogens is 945 g/mol. The summed E-state index contributed by atoms with van der Waals surface area (Å²) in [7, 11) is 6.97. The molecule has 4 amide bonds. The second-order valence-corrected chi connectivity index (χ2v) is 23.1. The minimum atomic E-state index is -0.200. The summed E-state index contributed by atoms with van der Waals surface area (Å²) in [6.45, 7) is 11.7. The number of hydrogen-bond acceptors (Lipinski definition) is 11. The largest absolute Gasteiger partial charge is 0.493 e. The number of anilines is 3. The summed E-state index contributed by atoms with van der Waals surface area (Å²) in [5.74, 6) is 2.20. The predicted molar refractivity (Wildman–Crippen MR) is 289 cm³/mol. The number of nitrogens with zero attached hydrogens (tertiary/aromatic N) is 3. The zero-order valence-corrected chi connectivity index (χ0v) is 43.9. The fourth-order valence-corrected chi connectivity index (χ4v) is 12.7. The van der Waals surface area contributed by atoms with Crippen molar-refractivity contribution in [2.24, 2.45) is 0 Å². The van der Waals surface area contributed by atoms with Crippen molar-refractivity contribution in [3.63, 3.8) is 0 Å². The summed E-state index contributed by atoms with van der Waals surface area (Å²) in [5.41, 5.74) is 10.7. The average molecular weight is 1010 g/mol. The van der Waals surface area contributed by atoms with Gasteiger partial charge in [0.05, 0.1) is 41.7 Å². The quantitative estimate of drug-likeness (QED) is 0.0571. The molecule has 0 bridgehead atoms. The average Bonchev–Trinajstić information content (AvgIpc) is 3.56. The maximum Gasteiger partial charge on any atom is 0.256 e. The fraction of sp³-hybridized carbons (Fsp3) is 0.404. The number of aryl methyl sites for hydroxylation is 1. The van der Waals surface area contributed by atoms with Crippen LogP contribution in [0.15, 0.2) is 91.0 Å². The van der Waals surface area contributed by atoms with Gasteiger partial charge in [0.15, 0.2) is 11.5 Å². The third-order valence-corrected chi connectivity index (χ3v) is 17.4. The number of amides is 4. The van der Waals surface area contributed by atoms with Gasteiger partial charge in [0.1, 0.15) is 19.0 Å². The van der Waals surface area contributed by atoms with E-state index >= 15 is 0 Å². The van der Waals surface area contributed by atoms with E-state index in [1.54, 1.807) is 34.8 Å². The van der Waals surface area contributed by atoms with Gasteiger partial charge in [0.25, 0.3) is 11.8 Å². The van der Waals surface area contributed by atoms with Crippen molar-refractivity contribution in [2.75, 3.05) is 55.1 Å². The smallest absolute Gasteiger partial charge is 0.256 e. The number of carbonyl (C=O) groups is 4. The standard InChI is InChI=1S/C57H66N6O7S2/c1-7-19-58-53(64)17-20-71-72-57(3,4)18-16-54(65)60-43-23-37(34-69-50-29-49-47(21-36(50)2)56(67)63-32-42-15-11-9-13-40(42)26-45(63)33-61(49)5)22-38(24-43)35-70-52-28-48-46(27-51(52)68-6)55(66)62-31-41-14-10-8-12-39(41)25-44(62)30-59-48/h8-15,21-24,27-29,44-45,59H,7,16-20,25-26,30-35H2,1-6H3,(H,58,64)(H,60,65)/t44-,45-/m0/s1. The molecule has 13 nitrogen and oxygen atoms in total. The van der Waals surface area contributed by atoms with Crippen molar-refractivity contribution in [3.05, 3.63) is 141 Å². The van der Waals surface area contributed by atoms with Gasteiger partial charge in [-0.05, 0) is 116 Å². The summed E-state index contributed by atoms with van der Waals surface area (Å²) in [6, 6.07) is 30.1. The molecule has 9 rings (SSSR count). The minimum Gasteiger partial charge on any atom is -0.493 e. The van der Waals surface area contributed by atoms with E-state index in [1.807, 2.05) is 79.2 Å². The van der Waals surface area contributed by atoms with Gasteiger partial charge in [-0.2, -0.15) is 0 Å². The Kier molecular flexibility index (Phi) is 15.6. The van der Waals surface area contributed by atoms with Crippen LogP contribution in [0.1, 0.15) is 106 Å². The lowest BCUT2D eigenvalue weighted by molar-refractivity contribution is -0.120. The highest BCUT2D eigenvalue weighted by atomic mass is 33.1. The van der Waals surface area contributed by atoms with E-state index < -0.39 is 0 Å². The van der Waals surface area contributed by atoms with Gasteiger partial charge in [0, 0.05) is 80.9 Å². The number of ether oxygens (including phenoxy) is 3. The lowest BCUT2D eigenvalue weighted by Crippen LogP contribution is -2.47. The number of rotatable bonds is 18. The summed E-state index contributed by atoms with van der Waals surface area (Å²) >= 11 is 0. The molecular formula is C57H66N6O7S2. The normalized spacial score (nSPS) is 16.9. The van der Waals surface area contributed by atoms with Crippen molar-refractivity contribution in [2.45, 2.75) is 109 Å². The molecule has 0 fully saturated rings.